The molecule has 0 amide bonds. The zero-order valence-electron chi connectivity index (χ0n) is 9.58. The van der Waals surface area contributed by atoms with Crippen LogP contribution in [0.1, 0.15) is 29.7 Å². The van der Waals surface area contributed by atoms with Crippen LogP contribution in [-0.2, 0) is 6.18 Å². The van der Waals surface area contributed by atoms with Crippen molar-refractivity contribution >= 4 is 12.4 Å². The molecule has 0 heterocycles. The van der Waals surface area contributed by atoms with E-state index in [-0.39, 0.29) is 18.0 Å². The molecule has 1 aromatic rings. The number of aliphatic hydroxyl groups is 1. The Morgan fingerprint density at radius 3 is 2.44 bits per heavy atom. The van der Waals surface area contributed by atoms with Crippen molar-refractivity contribution in [2.45, 2.75) is 19.1 Å². The number of alkyl halides is 3. The molecule has 1 aromatic carbocycles. The van der Waals surface area contributed by atoms with E-state index in [0.29, 0.717) is 5.56 Å². The van der Waals surface area contributed by atoms with Gasteiger partial charge >= 0.3 is 6.18 Å². The second kappa shape index (κ2) is 6.64. The molecular weight excluding hydrogens is 267 g/mol. The molecule has 0 saturated heterocycles. The van der Waals surface area contributed by atoms with Gasteiger partial charge in [-0.2, -0.15) is 13.2 Å². The summed E-state index contributed by atoms with van der Waals surface area (Å²) in [5, 5.41) is 8.56. The third-order valence-corrected chi connectivity index (χ3v) is 2.19. The fraction of sp³-hybridized carbons (Fsp3) is 0.333. The molecule has 2 nitrogen and oxygen atoms in total. The van der Waals surface area contributed by atoms with Gasteiger partial charge in [-0.05, 0) is 18.6 Å². The van der Waals surface area contributed by atoms with Crippen LogP contribution in [0.15, 0.2) is 18.2 Å². The van der Waals surface area contributed by atoms with Crippen LogP contribution >= 0.6 is 12.4 Å². The van der Waals surface area contributed by atoms with Crippen LogP contribution in [0.4, 0.5) is 13.2 Å². The zero-order valence-corrected chi connectivity index (χ0v) is 10.4. The Hall–Kier alpha value is -1.22. The van der Waals surface area contributed by atoms with Crippen LogP contribution in [0, 0.1) is 11.8 Å². The van der Waals surface area contributed by atoms with Crippen molar-refractivity contribution < 1.29 is 18.3 Å². The van der Waals surface area contributed by atoms with Crippen LogP contribution < -0.4 is 5.73 Å². The Labute approximate surface area is 109 Å². The first-order valence-electron chi connectivity index (χ1n) is 4.93. The highest BCUT2D eigenvalue weighted by Gasteiger charge is 2.34. The van der Waals surface area contributed by atoms with Crippen LogP contribution in [-0.4, -0.2) is 11.7 Å². The lowest BCUT2D eigenvalue weighted by Crippen LogP contribution is -2.14. The van der Waals surface area contributed by atoms with Crippen LogP contribution in [0.2, 0.25) is 0 Å². The maximum atomic E-state index is 12.7. The molecule has 18 heavy (non-hydrogen) atoms. The minimum atomic E-state index is -4.48. The smallest absolute Gasteiger partial charge is 0.384 e. The number of rotatable bonds is 1. The summed E-state index contributed by atoms with van der Waals surface area (Å²) in [6.07, 6.45) is -4.48. The van der Waals surface area contributed by atoms with Gasteiger partial charge in [-0.25, -0.2) is 0 Å². The first-order valence-corrected chi connectivity index (χ1v) is 4.93. The van der Waals surface area contributed by atoms with Crippen molar-refractivity contribution in [3.8, 4) is 11.8 Å². The minimum absolute atomic E-state index is 0. The molecule has 0 bridgehead atoms. The molecule has 0 aliphatic carbocycles. The molecule has 100 valence electrons. The van der Waals surface area contributed by atoms with Gasteiger partial charge in [0.05, 0.1) is 5.56 Å². The zero-order chi connectivity index (χ0) is 13.1. The van der Waals surface area contributed by atoms with E-state index in [9.17, 15) is 13.2 Å². The third kappa shape index (κ3) is 3.91. The lowest BCUT2D eigenvalue weighted by atomic mass is 9.97. The Bertz CT molecular complexity index is 461. The Balaban J connectivity index is 0.00000289. The quantitative estimate of drug-likeness (QED) is 0.776. The summed E-state index contributed by atoms with van der Waals surface area (Å²) in [6, 6.07) is 3.19. The van der Waals surface area contributed by atoms with E-state index < -0.39 is 24.4 Å². The summed E-state index contributed by atoms with van der Waals surface area (Å²) >= 11 is 0. The number of benzene rings is 1. The van der Waals surface area contributed by atoms with E-state index in [1.165, 1.54) is 12.1 Å². The summed E-state index contributed by atoms with van der Waals surface area (Å²) in [7, 11) is 0. The van der Waals surface area contributed by atoms with Gasteiger partial charge in [0.1, 0.15) is 6.61 Å². The molecule has 1 unspecified atom stereocenters. The second-order valence-corrected chi connectivity index (χ2v) is 3.52. The monoisotopic (exact) mass is 279 g/mol. The highest BCUT2D eigenvalue weighted by atomic mass is 35.5. The molecule has 1 atom stereocenters. The van der Waals surface area contributed by atoms with Crippen molar-refractivity contribution in [2.75, 3.05) is 6.61 Å². The van der Waals surface area contributed by atoms with Gasteiger partial charge in [-0.1, -0.05) is 24.0 Å². The molecule has 0 aliphatic heterocycles. The Kier molecular flexibility index (Phi) is 6.19. The molecule has 3 N–H and O–H groups in total. The van der Waals surface area contributed by atoms with Crippen molar-refractivity contribution in [3.05, 3.63) is 34.9 Å². The molecule has 1 rings (SSSR count). The van der Waals surface area contributed by atoms with Crippen molar-refractivity contribution in [1.29, 1.82) is 0 Å². The standard InChI is InChI=1S/C12H12F3NO.ClH/c1-8(16)9-4-2-6-11(12(13,14)15)10(9)5-3-7-17;/h2,4,6,8,17H,7,16H2,1H3;1H. The number of halogens is 4. The van der Waals surface area contributed by atoms with E-state index in [4.69, 9.17) is 10.8 Å². The highest BCUT2D eigenvalue weighted by molar-refractivity contribution is 5.85. The van der Waals surface area contributed by atoms with E-state index in [1.54, 1.807) is 6.92 Å². The summed E-state index contributed by atoms with van der Waals surface area (Å²) in [6.45, 7) is 1.09. The van der Waals surface area contributed by atoms with Crippen LogP contribution in [0.3, 0.4) is 0 Å². The van der Waals surface area contributed by atoms with Crippen LogP contribution in [0.5, 0.6) is 0 Å². The largest absolute Gasteiger partial charge is 0.417 e. The second-order valence-electron chi connectivity index (χ2n) is 3.52. The Morgan fingerprint density at radius 2 is 2.00 bits per heavy atom. The van der Waals surface area contributed by atoms with Gasteiger partial charge in [0, 0.05) is 11.6 Å². The lowest BCUT2D eigenvalue weighted by molar-refractivity contribution is -0.137. The molecule has 0 spiro atoms. The van der Waals surface area contributed by atoms with Gasteiger partial charge in [0.15, 0.2) is 0 Å². The summed E-state index contributed by atoms with van der Waals surface area (Å²) < 4.78 is 38.2. The average molecular weight is 280 g/mol. The topological polar surface area (TPSA) is 46.2 Å². The molecular formula is C12H13ClF3NO. The predicted octanol–water partition coefficient (Wildman–Crippen LogP) is 2.49. The molecule has 0 radical (unpaired) electrons. The van der Waals surface area contributed by atoms with Crippen LogP contribution in [0.25, 0.3) is 0 Å². The molecule has 0 aliphatic rings. The molecule has 6 heteroatoms. The summed E-state index contributed by atoms with van der Waals surface area (Å²) in [5.74, 6) is 4.54. The number of hydrogen-bond acceptors (Lipinski definition) is 2. The number of hydrogen-bond donors (Lipinski definition) is 2. The van der Waals surface area contributed by atoms with Gasteiger partial charge < -0.3 is 10.8 Å². The van der Waals surface area contributed by atoms with Gasteiger partial charge in [-0.15, -0.1) is 12.4 Å². The normalized spacial score (nSPS) is 12.1. The maximum Gasteiger partial charge on any atom is 0.417 e. The highest BCUT2D eigenvalue weighted by Crippen LogP contribution is 2.34. The summed E-state index contributed by atoms with van der Waals surface area (Å²) in [5.41, 5.74) is 4.93. The first kappa shape index (κ1) is 16.8. The fourth-order valence-corrected chi connectivity index (χ4v) is 1.45. The third-order valence-electron chi connectivity index (χ3n) is 2.19. The maximum absolute atomic E-state index is 12.7. The fourth-order valence-electron chi connectivity index (χ4n) is 1.45. The first-order chi connectivity index (χ1) is 7.88. The molecule has 0 saturated carbocycles. The van der Waals surface area contributed by atoms with E-state index in [2.05, 4.69) is 11.8 Å². The van der Waals surface area contributed by atoms with Crippen molar-refractivity contribution in [2.24, 2.45) is 5.73 Å². The lowest BCUT2D eigenvalue weighted by Gasteiger charge is -2.15. The minimum Gasteiger partial charge on any atom is -0.384 e. The van der Waals surface area contributed by atoms with Crippen molar-refractivity contribution in [1.82, 2.24) is 0 Å². The summed E-state index contributed by atoms with van der Waals surface area (Å²) in [4.78, 5) is 0. The van der Waals surface area contributed by atoms with Crippen molar-refractivity contribution in [3.63, 3.8) is 0 Å². The van der Waals surface area contributed by atoms with Gasteiger partial charge in [0.2, 0.25) is 0 Å². The van der Waals surface area contributed by atoms with Gasteiger partial charge in [0.25, 0.3) is 0 Å². The Morgan fingerprint density at radius 1 is 1.39 bits per heavy atom. The van der Waals surface area contributed by atoms with E-state index >= 15 is 0 Å². The molecule has 0 aromatic heterocycles. The predicted molar refractivity (Wildman–Crippen MR) is 65.3 cm³/mol. The van der Waals surface area contributed by atoms with E-state index in [0.717, 1.165) is 6.07 Å². The number of nitrogens with two attached hydrogens (primary N) is 1. The SMILES string of the molecule is CC(N)c1cccc(C(F)(F)F)c1C#CCO.Cl. The molecule has 0 fully saturated rings. The van der Waals surface area contributed by atoms with E-state index in [1.807, 2.05) is 0 Å². The number of aliphatic hydroxyl groups excluding tert-OH is 1. The van der Waals surface area contributed by atoms with Gasteiger partial charge in [-0.3, -0.25) is 0 Å². The average Bonchev–Trinajstić information content (AvgIpc) is 2.24.